The number of allylic oxidation sites excluding steroid dienone is 2. The fourth-order valence-corrected chi connectivity index (χ4v) is 27.0. The minimum atomic E-state index is -1.91. The van der Waals surface area contributed by atoms with Crippen LogP contribution < -0.4 is 24.8 Å². The summed E-state index contributed by atoms with van der Waals surface area (Å²) in [6, 6.07) is 36.1. The summed E-state index contributed by atoms with van der Waals surface area (Å²) >= 11 is -1.91. The van der Waals surface area contributed by atoms with Gasteiger partial charge in [-0.3, -0.25) is 0 Å². The van der Waals surface area contributed by atoms with Gasteiger partial charge in [0.1, 0.15) is 0 Å². The predicted molar refractivity (Wildman–Crippen MR) is 167 cm³/mol. The second-order valence-corrected chi connectivity index (χ2v) is 26.5. The number of hydrogen-bond acceptors (Lipinski definition) is 0. The third-order valence-electron chi connectivity index (χ3n) is 8.16. The van der Waals surface area contributed by atoms with Gasteiger partial charge in [0, 0.05) is 0 Å². The zero-order valence-corrected chi connectivity index (χ0v) is 29.6. The van der Waals surface area contributed by atoms with Crippen molar-refractivity contribution in [3.8, 4) is 22.3 Å². The number of fused-ring (bicyclic) bond motifs is 2. The predicted octanol–water partition coefficient (Wildman–Crippen LogP) is 3.81. The van der Waals surface area contributed by atoms with Crippen LogP contribution in [0.1, 0.15) is 63.6 Å². The molecule has 0 saturated carbocycles. The van der Waals surface area contributed by atoms with E-state index < -0.39 is 20.9 Å². The van der Waals surface area contributed by atoms with Gasteiger partial charge in [-0.2, -0.15) is 0 Å². The Morgan fingerprint density at radius 3 is 1.57 bits per heavy atom. The average molecular weight is 662 g/mol. The van der Waals surface area contributed by atoms with Gasteiger partial charge in [0.25, 0.3) is 0 Å². The number of benzene rings is 4. The van der Waals surface area contributed by atoms with Crippen molar-refractivity contribution in [2.75, 3.05) is 0 Å². The Labute approximate surface area is 263 Å². The molecule has 0 aromatic heterocycles. The van der Waals surface area contributed by atoms with Crippen LogP contribution in [0, 0.1) is 0 Å². The quantitative estimate of drug-likeness (QED) is 0.276. The Kier molecular flexibility index (Phi) is 12.0. The van der Waals surface area contributed by atoms with Crippen LogP contribution in [-0.4, -0.2) is 6.65 Å². The van der Waals surface area contributed by atoms with E-state index >= 15 is 0 Å². The SMILES string of the molecule is CC.CCC1=Cc2c(-c3ccccc3)cccc2[CH]1[Zr+2]([SiH2]C)[CH]1C(C)=Cc2c(-c3ccccc3)cccc21.[Cl-].[Cl-]. The molecule has 4 heteroatoms. The van der Waals surface area contributed by atoms with Crippen LogP contribution in [0.4, 0.5) is 0 Å². The normalized spacial score (nSPS) is 16.5. The van der Waals surface area contributed by atoms with Crippen LogP contribution >= 0.6 is 0 Å². The first-order valence-corrected chi connectivity index (χ1v) is 24.5. The van der Waals surface area contributed by atoms with Gasteiger partial charge in [-0.15, -0.1) is 0 Å². The minimum Gasteiger partial charge on any atom is -1.00 e. The fraction of sp³-hybridized carbons (Fsp3) is 0.222. The molecular formula is C36H39Cl2SiZr. The van der Waals surface area contributed by atoms with Crippen LogP contribution in [0.15, 0.2) is 108 Å². The van der Waals surface area contributed by atoms with Crippen molar-refractivity contribution in [3.05, 3.63) is 130 Å². The summed E-state index contributed by atoms with van der Waals surface area (Å²) in [7, 11) is 0. The Balaban J connectivity index is 0.00000108. The maximum absolute atomic E-state index is 2.62. The standard InChI is InChI=1S/C17H15.C16H13.C2H6.CH5Si.2ClH.Zr/c1-2-13-11-15-9-6-10-16(17(15)12-13)14-7-4-3-5-8-14;1-12-10-14-8-5-9-15(16(14)11-12)13-6-3-2-4-7-13;2*1-2;;;/h3-12H,2H2,1H3;2-11H,1H3;1-2H3;2H2,1H3;2*1H;/q;;;;;;+2/p-2. The van der Waals surface area contributed by atoms with Gasteiger partial charge >= 0.3 is 226 Å². The van der Waals surface area contributed by atoms with Gasteiger partial charge in [-0.05, 0) is 0 Å². The Bertz CT molecular complexity index is 1480. The van der Waals surface area contributed by atoms with E-state index in [-0.39, 0.29) is 31.5 Å². The van der Waals surface area contributed by atoms with Crippen molar-refractivity contribution in [2.24, 2.45) is 0 Å². The van der Waals surface area contributed by atoms with Crippen LogP contribution in [0.5, 0.6) is 0 Å². The number of halogens is 2. The fourth-order valence-electron chi connectivity index (χ4n) is 6.57. The molecule has 6 rings (SSSR count). The smallest absolute Gasteiger partial charge is 1.00 e. The van der Waals surface area contributed by atoms with Crippen LogP contribution in [0.2, 0.25) is 6.55 Å². The van der Waals surface area contributed by atoms with Gasteiger partial charge in [0.15, 0.2) is 0 Å². The summed E-state index contributed by atoms with van der Waals surface area (Å²) in [5, 5.41) is 0. The van der Waals surface area contributed by atoms with Gasteiger partial charge in [0.2, 0.25) is 0 Å². The van der Waals surface area contributed by atoms with Crippen molar-refractivity contribution >= 4 is 18.8 Å². The van der Waals surface area contributed by atoms with Gasteiger partial charge in [0.05, 0.1) is 0 Å². The van der Waals surface area contributed by atoms with E-state index in [0.717, 1.165) is 0 Å². The zero-order chi connectivity index (χ0) is 26.6. The first kappa shape index (κ1) is 32.6. The van der Waals surface area contributed by atoms with Crippen molar-refractivity contribution in [1.29, 1.82) is 0 Å². The van der Waals surface area contributed by atoms with Crippen LogP contribution in [0.3, 0.4) is 0 Å². The van der Waals surface area contributed by atoms with E-state index in [9.17, 15) is 0 Å². The molecule has 0 N–H and O–H groups in total. The van der Waals surface area contributed by atoms with Crippen molar-refractivity contribution in [2.45, 2.75) is 47.9 Å². The molecule has 0 fully saturated rings. The topological polar surface area (TPSA) is 0 Å². The minimum absolute atomic E-state index is 0. The second-order valence-electron chi connectivity index (χ2n) is 10.1. The van der Waals surface area contributed by atoms with E-state index in [2.05, 4.69) is 130 Å². The summed E-state index contributed by atoms with van der Waals surface area (Å²) in [6.07, 6.45) is 6.29. The molecular weight excluding hydrogens is 623 g/mol. The molecule has 2 aliphatic carbocycles. The third-order valence-corrected chi connectivity index (χ3v) is 27.0. The van der Waals surface area contributed by atoms with Crippen molar-refractivity contribution in [1.82, 2.24) is 0 Å². The van der Waals surface area contributed by atoms with Gasteiger partial charge < -0.3 is 24.8 Å². The molecule has 2 unspecified atom stereocenters. The largest absolute Gasteiger partial charge is 1.00 e. The molecule has 0 saturated heterocycles. The molecule has 0 nitrogen and oxygen atoms in total. The van der Waals surface area contributed by atoms with Crippen LogP contribution in [0.25, 0.3) is 34.4 Å². The maximum Gasteiger partial charge on any atom is -1.00 e. The number of rotatable bonds is 6. The van der Waals surface area contributed by atoms with Crippen molar-refractivity contribution < 1.29 is 45.7 Å². The van der Waals surface area contributed by atoms with E-state index in [1.165, 1.54) is 39.8 Å². The van der Waals surface area contributed by atoms with E-state index in [0.29, 0.717) is 7.25 Å². The summed E-state index contributed by atoms with van der Waals surface area (Å²) in [4.78, 5) is 0. The Morgan fingerprint density at radius 2 is 1.10 bits per heavy atom. The molecule has 2 atom stereocenters. The van der Waals surface area contributed by atoms with Crippen LogP contribution in [-0.2, 0) is 20.9 Å². The third kappa shape index (κ3) is 5.98. The molecule has 0 radical (unpaired) electrons. The Hall–Kier alpha value is -1.96. The summed E-state index contributed by atoms with van der Waals surface area (Å²) < 4.78 is 1.42. The maximum atomic E-state index is 2.62. The molecule has 4 aromatic rings. The molecule has 4 aromatic carbocycles. The molecule has 0 aliphatic heterocycles. The molecule has 0 spiro atoms. The zero-order valence-electron chi connectivity index (χ0n) is 24.2. The van der Waals surface area contributed by atoms with E-state index in [1.54, 1.807) is 22.3 Å². The first-order valence-electron chi connectivity index (χ1n) is 14.3. The molecule has 0 amide bonds. The molecule has 2 aliphatic rings. The number of hydrogen-bond donors (Lipinski definition) is 0. The van der Waals surface area contributed by atoms with E-state index in [1.807, 2.05) is 13.8 Å². The second kappa shape index (κ2) is 14.8. The monoisotopic (exact) mass is 659 g/mol. The summed E-state index contributed by atoms with van der Waals surface area (Å²) in [5.41, 5.74) is 15.1. The molecule has 0 heterocycles. The average Bonchev–Trinajstić information content (AvgIpc) is 3.53. The molecule has 205 valence electrons. The summed E-state index contributed by atoms with van der Waals surface area (Å²) in [6.45, 7) is 11.3. The first-order chi connectivity index (χ1) is 18.7. The van der Waals surface area contributed by atoms with Crippen molar-refractivity contribution in [3.63, 3.8) is 0 Å². The summed E-state index contributed by atoms with van der Waals surface area (Å²) in [5.74, 6) is 0. The molecule has 0 bridgehead atoms. The van der Waals surface area contributed by atoms with Gasteiger partial charge in [-0.1, -0.05) is 13.8 Å². The van der Waals surface area contributed by atoms with Gasteiger partial charge in [-0.25, -0.2) is 0 Å². The van der Waals surface area contributed by atoms with E-state index in [4.69, 9.17) is 0 Å². The Morgan fingerprint density at radius 1 is 0.625 bits per heavy atom. The molecule has 40 heavy (non-hydrogen) atoms.